The van der Waals surface area contributed by atoms with Crippen LogP contribution >= 0.6 is 15.9 Å². The first-order chi connectivity index (χ1) is 11.5. The number of amides is 1. The van der Waals surface area contributed by atoms with Crippen LogP contribution in [0.2, 0.25) is 0 Å². The molecule has 4 nitrogen and oxygen atoms in total. The van der Waals surface area contributed by atoms with Gasteiger partial charge in [-0.3, -0.25) is 9.48 Å². The van der Waals surface area contributed by atoms with E-state index in [1.807, 2.05) is 22.7 Å². The Hall–Kier alpha value is -1.69. The molecule has 1 amide bonds. The number of piperidine rings is 1. The van der Waals surface area contributed by atoms with E-state index < -0.39 is 5.82 Å². The average molecular weight is 392 g/mol. The Kier molecular flexibility index (Phi) is 3.95. The first-order valence-corrected chi connectivity index (χ1v) is 9.10. The Labute approximate surface area is 148 Å². The molecule has 0 saturated carbocycles. The number of carbonyl (C=O) groups excluding carboxylic acids is 1. The lowest BCUT2D eigenvalue weighted by Crippen LogP contribution is -2.47. The van der Waals surface area contributed by atoms with Crippen molar-refractivity contribution < 1.29 is 9.18 Å². The number of fused-ring (bicyclic) bond motifs is 2. The molecule has 0 N–H and O–H groups in total. The minimum atomic E-state index is -0.460. The molecular formula is C18H19BrFN3O. The molecule has 1 aromatic heterocycles. The number of aromatic nitrogens is 2. The maximum atomic E-state index is 14.2. The lowest BCUT2D eigenvalue weighted by Gasteiger charge is -2.39. The lowest BCUT2D eigenvalue weighted by molar-refractivity contribution is 0.0519. The third kappa shape index (κ3) is 2.66. The first kappa shape index (κ1) is 15.8. The van der Waals surface area contributed by atoms with E-state index in [9.17, 15) is 9.18 Å². The molecule has 2 atom stereocenters. The number of halogens is 2. The van der Waals surface area contributed by atoms with Crippen LogP contribution in [0.1, 0.15) is 47.6 Å². The fourth-order valence-electron chi connectivity index (χ4n) is 4.13. The lowest BCUT2D eigenvalue weighted by atomic mass is 9.96. The minimum absolute atomic E-state index is 0.170. The molecule has 126 valence electrons. The summed E-state index contributed by atoms with van der Waals surface area (Å²) in [6, 6.07) is 5.33. The van der Waals surface area contributed by atoms with Crippen molar-refractivity contribution in [3.63, 3.8) is 0 Å². The van der Waals surface area contributed by atoms with Crippen LogP contribution in [-0.2, 0) is 0 Å². The van der Waals surface area contributed by atoms with E-state index in [4.69, 9.17) is 0 Å². The van der Waals surface area contributed by atoms with Gasteiger partial charge in [0.25, 0.3) is 5.91 Å². The predicted octanol–water partition coefficient (Wildman–Crippen LogP) is 4.10. The van der Waals surface area contributed by atoms with Crippen LogP contribution in [-0.4, -0.2) is 32.7 Å². The number of rotatable bonds is 2. The summed E-state index contributed by atoms with van der Waals surface area (Å²) in [6.45, 7) is 2.03. The molecule has 3 heterocycles. The molecule has 2 fully saturated rings. The Balaban J connectivity index is 1.57. The van der Waals surface area contributed by atoms with E-state index >= 15 is 0 Å². The molecule has 6 heteroatoms. The molecule has 0 aliphatic carbocycles. The smallest absolute Gasteiger partial charge is 0.257 e. The number of carbonyl (C=O) groups is 1. The van der Waals surface area contributed by atoms with Crippen LogP contribution in [0.3, 0.4) is 0 Å². The van der Waals surface area contributed by atoms with Crippen molar-refractivity contribution in [2.75, 3.05) is 0 Å². The molecule has 2 aliphatic heterocycles. The summed E-state index contributed by atoms with van der Waals surface area (Å²) in [5, 5.41) is 4.44. The van der Waals surface area contributed by atoms with Gasteiger partial charge in [0.05, 0.1) is 17.8 Å². The van der Waals surface area contributed by atoms with Gasteiger partial charge in [0.15, 0.2) is 0 Å². The molecule has 0 spiro atoms. The van der Waals surface area contributed by atoms with Crippen molar-refractivity contribution in [3.05, 3.63) is 52.0 Å². The van der Waals surface area contributed by atoms with Crippen LogP contribution in [0.15, 0.2) is 35.1 Å². The maximum Gasteiger partial charge on any atom is 0.257 e. The van der Waals surface area contributed by atoms with E-state index in [1.54, 1.807) is 12.1 Å². The number of hydrogen-bond acceptors (Lipinski definition) is 2. The summed E-state index contributed by atoms with van der Waals surface area (Å²) in [5.74, 6) is -0.638. The van der Waals surface area contributed by atoms with Crippen molar-refractivity contribution in [1.29, 1.82) is 0 Å². The zero-order chi connectivity index (χ0) is 16.8. The van der Waals surface area contributed by atoms with Gasteiger partial charge in [-0.25, -0.2) is 4.39 Å². The van der Waals surface area contributed by atoms with Crippen molar-refractivity contribution in [3.8, 4) is 0 Å². The van der Waals surface area contributed by atoms with Crippen molar-refractivity contribution in [2.45, 2.75) is 50.7 Å². The van der Waals surface area contributed by atoms with Gasteiger partial charge in [-0.1, -0.05) is 15.9 Å². The fourth-order valence-corrected chi connectivity index (χ4v) is 4.46. The third-order valence-corrected chi connectivity index (χ3v) is 5.70. The summed E-state index contributed by atoms with van der Waals surface area (Å²) < 4.78 is 16.9. The number of aryl methyl sites for hydroxylation is 1. The monoisotopic (exact) mass is 391 g/mol. The normalized spacial score (nSPS) is 26.0. The molecular weight excluding hydrogens is 373 g/mol. The first-order valence-electron chi connectivity index (χ1n) is 8.31. The number of benzene rings is 1. The van der Waals surface area contributed by atoms with E-state index in [2.05, 4.69) is 27.2 Å². The predicted molar refractivity (Wildman–Crippen MR) is 92.3 cm³/mol. The molecule has 1 aromatic carbocycles. The highest BCUT2D eigenvalue weighted by molar-refractivity contribution is 9.10. The highest BCUT2D eigenvalue weighted by Gasteiger charge is 2.44. The van der Waals surface area contributed by atoms with E-state index in [-0.39, 0.29) is 23.6 Å². The van der Waals surface area contributed by atoms with E-state index in [0.29, 0.717) is 10.5 Å². The standard InChI is InChI=1S/C18H19BrFN3O/c1-11-9-21-22(10-11)15-7-13-3-4-14(8-15)23(13)18(24)16-5-2-12(19)6-17(16)20/h2,5-6,9-10,13-15H,3-4,7-8H2,1H3. The summed E-state index contributed by atoms with van der Waals surface area (Å²) in [6.07, 6.45) is 7.70. The summed E-state index contributed by atoms with van der Waals surface area (Å²) >= 11 is 3.24. The molecule has 2 aliphatic rings. The molecule has 2 aromatic rings. The minimum Gasteiger partial charge on any atom is -0.332 e. The molecule has 2 saturated heterocycles. The summed E-state index contributed by atoms with van der Waals surface area (Å²) in [7, 11) is 0. The second-order valence-electron chi connectivity index (χ2n) is 6.84. The Morgan fingerprint density at radius 1 is 1.25 bits per heavy atom. The van der Waals surface area contributed by atoms with E-state index in [0.717, 1.165) is 31.2 Å². The topological polar surface area (TPSA) is 38.1 Å². The van der Waals surface area contributed by atoms with Gasteiger partial charge >= 0.3 is 0 Å². The molecule has 0 radical (unpaired) electrons. The van der Waals surface area contributed by atoms with E-state index in [1.165, 1.54) is 6.07 Å². The van der Waals surface area contributed by atoms with Gasteiger partial charge < -0.3 is 4.90 Å². The highest BCUT2D eigenvalue weighted by atomic mass is 79.9. The van der Waals surface area contributed by atoms with Gasteiger partial charge in [-0.2, -0.15) is 5.10 Å². The van der Waals surface area contributed by atoms with Crippen LogP contribution in [0.4, 0.5) is 4.39 Å². The van der Waals surface area contributed by atoms with Crippen LogP contribution in [0.25, 0.3) is 0 Å². The van der Waals surface area contributed by atoms with Gasteiger partial charge in [-0.15, -0.1) is 0 Å². The second-order valence-corrected chi connectivity index (χ2v) is 7.76. The molecule has 2 unspecified atom stereocenters. The second kappa shape index (κ2) is 5.99. The van der Waals surface area contributed by atoms with Gasteiger partial charge in [0.1, 0.15) is 5.82 Å². The zero-order valence-electron chi connectivity index (χ0n) is 13.5. The molecule has 24 heavy (non-hydrogen) atoms. The fraction of sp³-hybridized carbons (Fsp3) is 0.444. The van der Waals surface area contributed by atoms with Crippen LogP contribution < -0.4 is 0 Å². The largest absolute Gasteiger partial charge is 0.332 e. The van der Waals surface area contributed by atoms with Crippen molar-refractivity contribution in [2.24, 2.45) is 0 Å². The zero-order valence-corrected chi connectivity index (χ0v) is 15.0. The number of nitrogens with zero attached hydrogens (tertiary/aromatic N) is 3. The van der Waals surface area contributed by atoms with Gasteiger partial charge in [0, 0.05) is 22.8 Å². The SMILES string of the molecule is Cc1cnn(C2CC3CCC(C2)N3C(=O)c2ccc(Br)cc2F)c1. The number of hydrogen-bond donors (Lipinski definition) is 0. The maximum absolute atomic E-state index is 14.2. The van der Waals surface area contributed by atoms with Gasteiger partial charge in [0.2, 0.25) is 0 Å². The third-order valence-electron chi connectivity index (χ3n) is 5.21. The highest BCUT2D eigenvalue weighted by Crippen LogP contribution is 2.41. The summed E-state index contributed by atoms with van der Waals surface area (Å²) in [5.41, 5.74) is 1.32. The quantitative estimate of drug-likeness (QED) is 0.772. The van der Waals surface area contributed by atoms with Crippen molar-refractivity contribution in [1.82, 2.24) is 14.7 Å². The molecule has 4 rings (SSSR count). The summed E-state index contributed by atoms with van der Waals surface area (Å²) in [4.78, 5) is 14.8. The van der Waals surface area contributed by atoms with Gasteiger partial charge in [-0.05, 0) is 56.4 Å². The Bertz CT molecular complexity index is 776. The van der Waals surface area contributed by atoms with Crippen molar-refractivity contribution >= 4 is 21.8 Å². The Morgan fingerprint density at radius 3 is 2.54 bits per heavy atom. The van der Waals surface area contributed by atoms with Crippen LogP contribution in [0, 0.1) is 12.7 Å². The molecule has 2 bridgehead atoms. The Morgan fingerprint density at radius 2 is 1.96 bits per heavy atom. The van der Waals surface area contributed by atoms with Crippen LogP contribution in [0.5, 0.6) is 0 Å². The average Bonchev–Trinajstić information content (AvgIpc) is 3.08.